The maximum atomic E-state index is 13.9. The SMILES string of the molecule is CN(C)[C@@H](C(=O)NCCc1cccnc1)c1ccccc1F. The number of carbonyl (C=O) groups is 1. The molecule has 0 fully saturated rings. The molecule has 0 aliphatic heterocycles. The molecular weight excluding hydrogens is 281 g/mol. The van der Waals surface area contributed by atoms with Crippen LogP contribution in [0.5, 0.6) is 0 Å². The van der Waals surface area contributed by atoms with Crippen molar-refractivity contribution < 1.29 is 9.18 Å². The van der Waals surface area contributed by atoms with Crippen molar-refractivity contribution in [2.45, 2.75) is 12.5 Å². The van der Waals surface area contributed by atoms with Crippen molar-refractivity contribution in [1.29, 1.82) is 0 Å². The lowest BCUT2D eigenvalue weighted by Crippen LogP contribution is -2.38. The van der Waals surface area contributed by atoms with E-state index in [0.29, 0.717) is 18.5 Å². The van der Waals surface area contributed by atoms with Crippen molar-refractivity contribution in [3.8, 4) is 0 Å². The first-order valence-electron chi connectivity index (χ1n) is 7.17. The molecule has 1 N–H and O–H groups in total. The van der Waals surface area contributed by atoms with Crippen molar-refractivity contribution in [2.24, 2.45) is 0 Å². The maximum absolute atomic E-state index is 13.9. The van der Waals surface area contributed by atoms with Gasteiger partial charge in [0.2, 0.25) is 5.91 Å². The Morgan fingerprint density at radius 3 is 2.68 bits per heavy atom. The Hall–Kier alpha value is -2.27. The summed E-state index contributed by atoms with van der Waals surface area (Å²) in [5, 5.41) is 2.86. The molecule has 0 saturated carbocycles. The first-order chi connectivity index (χ1) is 10.6. The second-order valence-electron chi connectivity index (χ2n) is 5.29. The fraction of sp³-hybridized carbons (Fsp3) is 0.294. The van der Waals surface area contributed by atoms with Crippen molar-refractivity contribution in [3.63, 3.8) is 0 Å². The summed E-state index contributed by atoms with van der Waals surface area (Å²) in [5.41, 5.74) is 1.43. The van der Waals surface area contributed by atoms with Gasteiger partial charge in [0.15, 0.2) is 0 Å². The molecular formula is C17H20FN3O. The van der Waals surface area contributed by atoms with Crippen LogP contribution in [-0.4, -0.2) is 36.4 Å². The molecule has 4 nitrogen and oxygen atoms in total. The third-order valence-corrected chi connectivity index (χ3v) is 3.40. The van der Waals surface area contributed by atoms with E-state index in [1.807, 2.05) is 12.1 Å². The van der Waals surface area contributed by atoms with Crippen LogP contribution in [0.15, 0.2) is 48.8 Å². The summed E-state index contributed by atoms with van der Waals surface area (Å²) < 4.78 is 13.9. The Morgan fingerprint density at radius 1 is 1.27 bits per heavy atom. The number of rotatable bonds is 6. The van der Waals surface area contributed by atoms with E-state index in [0.717, 1.165) is 5.56 Å². The topological polar surface area (TPSA) is 45.2 Å². The number of hydrogen-bond donors (Lipinski definition) is 1. The van der Waals surface area contributed by atoms with Crippen LogP contribution in [0, 0.1) is 5.82 Å². The average Bonchev–Trinajstić information content (AvgIpc) is 2.50. The summed E-state index contributed by atoms with van der Waals surface area (Å²) in [5.74, 6) is -0.581. The van der Waals surface area contributed by atoms with Gasteiger partial charge in [-0.15, -0.1) is 0 Å². The summed E-state index contributed by atoms with van der Waals surface area (Å²) in [6.45, 7) is 0.489. The van der Waals surface area contributed by atoms with E-state index in [2.05, 4.69) is 10.3 Å². The van der Waals surface area contributed by atoms with E-state index in [4.69, 9.17) is 0 Å². The van der Waals surface area contributed by atoms with Gasteiger partial charge in [0, 0.05) is 24.5 Å². The number of nitrogens with one attached hydrogen (secondary N) is 1. The van der Waals surface area contributed by atoms with Gasteiger partial charge in [0.1, 0.15) is 11.9 Å². The summed E-state index contributed by atoms with van der Waals surface area (Å²) in [7, 11) is 3.52. The normalized spacial score (nSPS) is 12.2. The molecule has 0 spiro atoms. The van der Waals surface area contributed by atoms with Gasteiger partial charge >= 0.3 is 0 Å². The molecule has 2 aromatic rings. The number of amides is 1. The number of pyridine rings is 1. The number of halogens is 1. The zero-order valence-electron chi connectivity index (χ0n) is 12.8. The monoisotopic (exact) mass is 301 g/mol. The van der Waals surface area contributed by atoms with Crippen molar-refractivity contribution in [3.05, 3.63) is 65.7 Å². The lowest BCUT2D eigenvalue weighted by atomic mass is 10.0. The third-order valence-electron chi connectivity index (χ3n) is 3.40. The number of benzene rings is 1. The molecule has 1 heterocycles. The molecule has 1 atom stereocenters. The molecule has 22 heavy (non-hydrogen) atoms. The minimum atomic E-state index is -0.643. The predicted octanol–water partition coefficient (Wildman–Crippen LogP) is 2.18. The maximum Gasteiger partial charge on any atom is 0.242 e. The Balaban J connectivity index is 2.00. The average molecular weight is 301 g/mol. The molecule has 1 aromatic heterocycles. The van der Waals surface area contributed by atoms with Crippen LogP contribution < -0.4 is 5.32 Å². The zero-order chi connectivity index (χ0) is 15.9. The van der Waals surface area contributed by atoms with Gasteiger partial charge in [-0.1, -0.05) is 24.3 Å². The third kappa shape index (κ3) is 4.11. The molecule has 0 aliphatic rings. The van der Waals surface area contributed by atoms with Gasteiger partial charge in [-0.05, 0) is 38.2 Å². The van der Waals surface area contributed by atoms with Gasteiger partial charge in [0.25, 0.3) is 0 Å². The second-order valence-corrected chi connectivity index (χ2v) is 5.29. The summed E-state index contributed by atoms with van der Waals surface area (Å²) >= 11 is 0. The van der Waals surface area contributed by atoms with E-state index in [1.165, 1.54) is 6.07 Å². The predicted molar refractivity (Wildman–Crippen MR) is 83.8 cm³/mol. The zero-order valence-corrected chi connectivity index (χ0v) is 12.8. The highest BCUT2D eigenvalue weighted by molar-refractivity contribution is 5.83. The van der Waals surface area contributed by atoms with Crippen LogP contribution in [0.25, 0.3) is 0 Å². The standard InChI is InChI=1S/C17H20FN3O/c1-21(2)16(14-7-3-4-8-15(14)18)17(22)20-11-9-13-6-5-10-19-12-13/h3-8,10,12,16H,9,11H2,1-2H3,(H,20,22)/t16-/m1/s1. The van der Waals surface area contributed by atoms with Crippen molar-refractivity contribution >= 4 is 5.91 Å². The highest BCUT2D eigenvalue weighted by Gasteiger charge is 2.25. The van der Waals surface area contributed by atoms with Crippen molar-refractivity contribution in [1.82, 2.24) is 15.2 Å². The highest BCUT2D eigenvalue weighted by atomic mass is 19.1. The van der Waals surface area contributed by atoms with Gasteiger partial charge in [-0.25, -0.2) is 4.39 Å². The van der Waals surface area contributed by atoms with E-state index in [1.54, 1.807) is 49.6 Å². The molecule has 0 saturated heterocycles. The second kappa shape index (κ2) is 7.66. The Labute approximate surface area is 130 Å². The van der Waals surface area contributed by atoms with E-state index in [9.17, 15) is 9.18 Å². The van der Waals surface area contributed by atoms with Crippen molar-refractivity contribution in [2.75, 3.05) is 20.6 Å². The van der Waals surface area contributed by atoms with Gasteiger partial charge in [-0.2, -0.15) is 0 Å². The summed E-state index contributed by atoms with van der Waals surface area (Å²) in [6.07, 6.45) is 4.17. The van der Waals surface area contributed by atoms with Crippen LogP contribution in [0.2, 0.25) is 0 Å². The molecule has 2 rings (SSSR count). The Morgan fingerprint density at radius 2 is 2.05 bits per heavy atom. The lowest BCUT2D eigenvalue weighted by molar-refractivity contribution is -0.125. The van der Waals surface area contributed by atoms with E-state index in [-0.39, 0.29) is 11.7 Å². The molecule has 0 aliphatic carbocycles. The number of carbonyl (C=O) groups excluding carboxylic acids is 1. The first kappa shape index (κ1) is 16.1. The van der Waals surface area contributed by atoms with Gasteiger partial charge in [0.05, 0.1) is 0 Å². The Kier molecular flexibility index (Phi) is 5.61. The van der Waals surface area contributed by atoms with Crippen LogP contribution in [0.4, 0.5) is 4.39 Å². The quantitative estimate of drug-likeness (QED) is 0.889. The lowest BCUT2D eigenvalue weighted by Gasteiger charge is -2.24. The van der Waals surface area contributed by atoms with E-state index < -0.39 is 6.04 Å². The van der Waals surface area contributed by atoms with Crippen LogP contribution in [-0.2, 0) is 11.2 Å². The molecule has 5 heteroatoms. The summed E-state index contributed by atoms with van der Waals surface area (Å²) in [4.78, 5) is 18.1. The van der Waals surface area contributed by atoms with Gasteiger partial charge < -0.3 is 5.32 Å². The number of aromatic nitrogens is 1. The smallest absolute Gasteiger partial charge is 0.242 e. The van der Waals surface area contributed by atoms with Crippen LogP contribution >= 0.6 is 0 Å². The molecule has 116 valence electrons. The largest absolute Gasteiger partial charge is 0.354 e. The summed E-state index contributed by atoms with van der Waals surface area (Å²) in [6, 6.07) is 9.53. The minimum Gasteiger partial charge on any atom is -0.354 e. The van der Waals surface area contributed by atoms with Crippen LogP contribution in [0.1, 0.15) is 17.2 Å². The number of likely N-dealkylation sites (N-methyl/N-ethyl adjacent to an activating group) is 1. The molecule has 0 radical (unpaired) electrons. The fourth-order valence-electron chi connectivity index (χ4n) is 2.32. The number of nitrogens with zero attached hydrogens (tertiary/aromatic N) is 2. The minimum absolute atomic E-state index is 0.209. The number of hydrogen-bond acceptors (Lipinski definition) is 3. The molecule has 0 unspecified atom stereocenters. The fourth-order valence-corrected chi connectivity index (χ4v) is 2.32. The highest BCUT2D eigenvalue weighted by Crippen LogP contribution is 2.21. The Bertz CT molecular complexity index is 616. The molecule has 1 aromatic carbocycles. The van der Waals surface area contributed by atoms with Crippen LogP contribution in [0.3, 0.4) is 0 Å². The molecule has 1 amide bonds. The van der Waals surface area contributed by atoms with Gasteiger partial charge in [-0.3, -0.25) is 14.7 Å². The van der Waals surface area contributed by atoms with E-state index >= 15 is 0 Å². The first-order valence-corrected chi connectivity index (χ1v) is 7.17. The molecule has 0 bridgehead atoms.